The Morgan fingerprint density at radius 2 is 1.71 bits per heavy atom. The molecule has 2 rings (SSSR count). The third-order valence-corrected chi connectivity index (χ3v) is 3.04. The van der Waals surface area contributed by atoms with Crippen molar-refractivity contribution in [3.8, 4) is 0 Å². The number of aromatic nitrogens is 1. The molecule has 0 aliphatic carbocycles. The molecule has 0 spiro atoms. The van der Waals surface area contributed by atoms with Crippen LogP contribution in [0.25, 0.3) is 0 Å². The lowest BCUT2D eigenvalue weighted by molar-refractivity contribution is 0.724. The first kappa shape index (κ1) is 17.1. The molecule has 98 valence electrons. The summed E-state index contributed by atoms with van der Waals surface area (Å²) in [6.45, 7) is 3.94. The van der Waals surface area contributed by atoms with Crippen LogP contribution in [-0.4, -0.2) is 31.2 Å². The lowest BCUT2D eigenvalue weighted by Gasteiger charge is -2.24. The summed E-state index contributed by atoms with van der Waals surface area (Å²) in [7, 11) is 0. The first-order chi connectivity index (χ1) is 7.29. The molecule has 17 heavy (non-hydrogen) atoms. The topological polar surface area (TPSA) is 28.2 Å². The minimum absolute atomic E-state index is 0. The van der Waals surface area contributed by atoms with E-state index in [-0.39, 0.29) is 24.8 Å². The summed E-state index contributed by atoms with van der Waals surface area (Å²) in [6, 6.07) is 0. The molecule has 7 heteroatoms. The number of pyridine rings is 1. The molecule has 0 atom stereocenters. The Morgan fingerprint density at radius 1 is 1.06 bits per heavy atom. The molecule has 0 radical (unpaired) electrons. The molecule has 1 saturated heterocycles. The maximum absolute atomic E-state index is 6.11. The van der Waals surface area contributed by atoms with Gasteiger partial charge in [-0.2, -0.15) is 0 Å². The highest BCUT2D eigenvalue weighted by atomic mass is 35.5. The second kappa shape index (κ2) is 8.22. The zero-order chi connectivity index (χ0) is 10.7. The minimum Gasteiger partial charge on any atom is -0.368 e. The predicted molar refractivity (Wildman–Crippen MR) is 78.5 cm³/mol. The van der Waals surface area contributed by atoms with E-state index in [0.717, 1.165) is 38.3 Å². The van der Waals surface area contributed by atoms with Crippen LogP contribution in [0.1, 0.15) is 6.42 Å². The van der Waals surface area contributed by atoms with Crippen molar-refractivity contribution in [2.45, 2.75) is 6.42 Å². The van der Waals surface area contributed by atoms with Crippen LogP contribution >= 0.6 is 48.0 Å². The summed E-state index contributed by atoms with van der Waals surface area (Å²) >= 11 is 12.2. The molecule has 0 amide bonds. The van der Waals surface area contributed by atoms with E-state index in [4.69, 9.17) is 23.2 Å². The van der Waals surface area contributed by atoms with Gasteiger partial charge >= 0.3 is 0 Å². The monoisotopic (exact) mass is 317 g/mol. The standard InChI is InChI=1S/C10H13Cl2N3.2ClH/c11-8-6-14-7-9(12)10(8)15-4-1-2-13-3-5-15;;/h6-7,13H,1-5H2;2*1H. The molecular formula is C10H15Cl4N3. The predicted octanol–water partition coefficient (Wildman–Crippen LogP) is 3.03. The Bertz CT molecular complexity index is 320. The third kappa shape index (κ3) is 4.34. The second-order valence-electron chi connectivity index (χ2n) is 3.54. The van der Waals surface area contributed by atoms with Crippen LogP contribution in [-0.2, 0) is 0 Å². The van der Waals surface area contributed by atoms with Crippen LogP contribution in [0, 0.1) is 0 Å². The van der Waals surface area contributed by atoms with Gasteiger partial charge in [0.05, 0.1) is 15.7 Å². The Kier molecular flexibility index (Phi) is 8.25. The van der Waals surface area contributed by atoms with Crippen molar-refractivity contribution < 1.29 is 0 Å². The smallest absolute Gasteiger partial charge is 0.0838 e. The van der Waals surface area contributed by atoms with Crippen LogP contribution in [0.5, 0.6) is 0 Å². The first-order valence-electron chi connectivity index (χ1n) is 5.03. The van der Waals surface area contributed by atoms with Gasteiger partial charge < -0.3 is 10.2 Å². The molecule has 1 fully saturated rings. The molecule has 1 N–H and O–H groups in total. The molecule has 3 nitrogen and oxygen atoms in total. The van der Waals surface area contributed by atoms with E-state index in [2.05, 4.69) is 15.2 Å². The van der Waals surface area contributed by atoms with Crippen molar-refractivity contribution in [3.63, 3.8) is 0 Å². The number of nitrogens with one attached hydrogen (secondary N) is 1. The van der Waals surface area contributed by atoms with Gasteiger partial charge in [0.1, 0.15) is 0 Å². The first-order valence-corrected chi connectivity index (χ1v) is 5.79. The van der Waals surface area contributed by atoms with E-state index in [0.29, 0.717) is 10.0 Å². The fourth-order valence-electron chi connectivity index (χ4n) is 1.78. The summed E-state index contributed by atoms with van der Waals surface area (Å²) in [6.07, 6.45) is 4.39. The van der Waals surface area contributed by atoms with E-state index in [1.165, 1.54) is 0 Å². The van der Waals surface area contributed by atoms with E-state index in [9.17, 15) is 0 Å². The average molecular weight is 319 g/mol. The van der Waals surface area contributed by atoms with Crippen LogP contribution in [0.15, 0.2) is 12.4 Å². The number of rotatable bonds is 1. The van der Waals surface area contributed by atoms with Gasteiger partial charge in [-0.15, -0.1) is 24.8 Å². The fraction of sp³-hybridized carbons (Fsp3) is 0.500. The third-order valence-electron chi connectivity index (χ3n) is 2.48. The molecule has 1 aliphatic rings. The molecule has 2 heterocycles. The van der Waals surface area contributed by atoms with Crippen LogP contribution in [0.4, 0.5) is 5.69 Å². The maximum atomic E-state index is 6.11. The van der Waals surface area contributed by atoms with Gasteiger partial charge in [-0.1, -0.05) is 23.2 Å². The number of hydrogen-bond donors (Lipinski definition) is 1. The van der Waals surface area contributed by atoms with Gasteiger partial charge in [-0.3, -0.25) is 4.98 Å². The molecule has 0 aromatic carbocycles. The van der Waals surface area contributed by atoms with E-state index >= 15 is 0 Å². The molecular weight excluding hydrogens is 304 g/mol. The van der Waals surface area contributed by atoms with Crippen molar-refractivity contribution in [1.29, 1.82) is 0 Å². The quantitative estimate of drug-likeness (QED) is 0.862. The SMILES string of the molecule is Cl.Cl.Clc1cncc(Cl)c1N1CCCNCC1. The van der Waals surface area contributed by atoms with E-state index < -0.39 is 0 Å². The number of anilines is 1. The second-order valence-corrected chi connectivity index (χ2v) is 4.36. The normalized spacial score (nSPS) is 15.5. The highest BCUT2D eigenvalue weighted by molar-refractivity contribution is 6.38. The molecule has 1 aromatic heterocycles. The average Bonchev–Trinajstić information content (AvgIpc) is 2.46. The maximum Gasteiger partial charge on any atom is 0.0838 e. The van der Waals surface area contributed by atoms with E-state index in [1.807, 2.05) is 0 Å². The molecule has 1 aromatic rings. The minimum atomic E-state index is 0. The molecule has 0 unspecified atom stereocenters. The molecule has 1 aliphatic heterocycles. The Morgan fingerprint density at radius 3 is 2.35 bits per heavy atom. The van der Waals surface area contributed by atoms with Crippen LogP contribution in [0.3, 0.4) is 0 Å². The van der Waals surface area contributed by atoms with Gasteiger partial charge in [0, 0.05) is 32.0 Å². The summed E-state index contributed by atoms with van der Waals surface area (Å²) < 4.78 is 0. The molecule has 0 bridgehead atoms. The van der Waals surface area contributed by atoms with Crippen LogP contribution in [0.2, 0.25) is 10.0 Å². The van der Waals surface area contributed by atoms with Crippen molar-refractivity contribution in [1.82, 2.24) is 10.3 Å². The van der Waals surface area contributed by atoms with Crippen LogP contribution < -0.4 is 10.2 Å². The highest BCUT2D eigenvalue weighted by Gasteiger charge is 2.15. The van der Waals surface area contributed by atoms with Gasteiger partial charge in [-0.05, 0) is 13.0 Å². The van der Waals surface area contributed by atoms with Gasteiger partial charge in [0.15, 0.2) is 0 Å². The fourth-order valence-corrected chi connectivity index (χ4v) is 2.38. The zero-order valence-electron chi connectivity index (χ0n) is 9.16. The summed E-state index contributed by atoms with van der Waals surface area (Å²) in [5, 5.41) is 4.60. The summed E-state index contributed by atoms with van der Waals surface area (Å²) in [5.41, 5.74) is 0.914. The number of nitrogens with zero attached hydrogens (tertiary/aromatic N) is 2. The lowest BCUT2D eigenvalue weighted by Crippen LogP contribution is -2.28. The zero-order valence-corrected chi connectivity index (χ0v) is 12.3. The summed E-state index contributed by atoms with van der Waals surface area (Å²) in [5.74, 6) is 0. The molecule has 0 saturated carbocycles. The van der Waals surface area contributed by atoms with Crippen molar-refractivity contribution in [3.05, 3.63) is 22.4 Å². The van der Waals surface area contributed by atoms with Crippen molar-refractivity contribution >= 4 is 53.7 Å². The van der Waals surface area contributed by atoms with Gasteiger partial charge in [0.2, 0.25) is 0 Å². The van der Waals surface area contributed by atoms with Crippen molar-refractivity contribution in [2.24, 2.45) is 0 Å². The van der Waals surface area contributed by atoms with Crippen molar-refractivity contribution in [2.75, 3.05) is 31.1 Å². The van der Waals surface area contributed by atoms with Gasteiger partial charge in [0.25, 0.3) is 0 Å². The largest absolute Gasteiger partial charge is 0.368 e. The highest BCUT2D eigenvalue weighted by Crippen LogP contribution is 2.32. The number of halogens is 4. The number of hydrogen-bond acceptors (Lipinski definition) is 3. The Labute approximate surface area is 124 Å². The Balaban J connectivity index is 0.00000128. The van der Waals surface area contributed by atoms with E-state index in [1.54, 1.807) is 12.4 Å². The Hall–Kier alpha value is 0.0700. The van der Waals surface area contributed by atoms with Gasteiger partial charge in [-0.25, -0.2) is 0 Å². The summed E-state index contributed by atoms with van der Waals surface area (Å²) in [4.78, 5) is 6.17. The lowest BCUT2D eigenvalue weighted by atomic mass is 10.3.